The summed E-state index contributed by atoms with van der Waals surface area (Å²) in [6, 6.07) is 7.49. The van der Waals surface area contributed by atoms with Crippen molar-refractivity contribution in [1.29, 1.82) is 0 Å². The van der Waals surface area contributed by atoms with Gasteiger partial charge in [-0.1, -0.05) is 38.8 Å². The van der Waals surface area contributed by atoms with Gasteiger partial charge in [-0.2, -0.15) is 0 Å². The normalized spacial score (nSPS) is 12.8. The largest absolute Gasteiger partial charge is 0.459 e. The van der Waals surface area contributed by atoms with Gasteiger partial charge >= 0.3 is 5.97 Å². The van der Waals surface area contributed by atoms with E-state index in [0.29, 0.717) is 5.56 Å². The minimum atomic E-state index is -0.278. The molecule has 1 aromatic rings. The van der Waals surface area contributed by atoms with Crippen LogP contribution in [0.25, 0.3) is 0 Å². The second-order valence-corrected chi connectivity index (χ2v) is 6.01. The van der Waals surface area contributed by atoms with E-state index in [9.17, 15) is 4.79 Å². The summed E-state index contributed by atoms with van der Waals surface area (Å²) in [6.45, 7) is 8.13. The van der Waals surface area contributed by atoms with Crippen LogP contribution in [0.3, 0.4) is 0 Å². The van der Waals surface area contributed by atoms with Gasteiger partial charge in [-0.05, 0) is 43.9 Å². The Balaban J connectivity index is 2.55. The molecule has 20 heavy (non-hydrogen) atoms. The summed E-state index contributed by atoms with van der Waals surface area (Å²) in [7, 11) is 0. The maximum absolute atomic E-state index is 11.7. The number of carbonyl (C=O) groups excluding carboxylic acids is 1. The van der Waals surface area contributed by atoms with Gasteiger partial charge in [0.25, 0.3) is 0 Å². The zero-order valence-electron chi connectivity index (χ0n) is 13.1. The Morgan fingerprint density at radius 1 is 1.10 bits per heavy atom. The van der Waals surface area contributed by atoms with Crippen LogP contribution in [0, 0.1) is 5.92 Å². The topological polar surface area (TPSA) is 52.3 Å². The third-order valence-electron chi connectivity index (χ3n) is 3.21. The van der Waals surface area contributed by atoms with E-state index in [1.807, 2.05) is 26.0 Å². The molecule has 0 aromatic heterocycles. The van der Waals surface area contributed by atoms with E-state index in [2.05, 4.69) is 13.8 Å². The van der Waals surface area contributed by atoms with Gasteiger partial charge in [0.2, 0.25) is 0 Å². The van der Waals surface area contributed by atoms with E-state index in [1.54, 1.807) is 12.1 Å². The Bertz CT molecular complexity index is 410. The molecule has 2 N–H and O–H groups in total. The molecule has 0 saturated carbocycles. The fourth-order valence-electron chi connectivity index (χ4n) is 2.06. The van der Waals surface area contributed by atoms with Crippen molar-refractivity contribution in [2.75, 3.05) is 0 Å². The zero-order valence-corrected chi connectivity index (χ0v) is 13.1. The summed E-state index contributed by atoms with van der Waals surface area (Å²) in [5.74, 6) is 0.440. The summed E-state index contributed by atoms with van der Waals surface area (Å²) in [5, 5.41) is 0. The summed E-state index contributed by atoms with van der Waals surface area (Å²) < 4.78 is 5.16. The van der Waals surface area contributed by atoms with E-state index in [0.717, 1.165) is 24.3 Å². The van der Waals surface area contributed by atoms with Crippen LogP contribution in [0.4, 0.5) is 0 Å². The molecule has 1 rings (SSSR count). The van der Waals surface area contributed by atoms with Gasteiger partial charge < -0.3 is 10.5 Å². The Kier molecular flexibility index (Phi) is 6.73. The molecular weight excluding hydrogens is 250 g/mol. The van der Waals surface area contributed by atoms with Crippen molar-refractivity contribution in [2.24, 2.45) is 11.7 Å². The molecule has 0 radical (unpaired) electrons. The van der Waals surface area contributed by atoms with Crippen molar-refractivity contribution in [2.45, 2.75) is 59.1 Å². The zero-order chi connectivity index (χ0) is 15.1. The van der Waals surface area contributed by atoms with Crippen LogP contribution < -0.4 is 5.73 Å². The number of carbonyl (C=O) groups is 1. The third-order valence-corrected chi connectivity index (χ3v) is 3.21. The van der Waals surface area contributed by atoms with Crippen molar-refractivity contribution in [1.82, 2.24) is 0 Å². The minimum Gasteiger partial charge on any atom is -0.459 e. The first-order valence-corrected chi connectivity index (χ1v) is 7.46. The van der Waals surface area contributed by atoms with Crippen molar-refractivity contribution in [3.63, 3.8) is 0 Å². The first kappa shape index (κ1) is 16.7. The van der Waals surface area contributed by atoms with Gasteiger partial charge in [0.1, 0.15) is 0 Å². The molecular formula is C17H27NO2. The maximum atomic E-state index is 11.7. The van der Waals surface area contributed by atoms with Gasteiger partial charge in [-0.3, -0.25) is 0 Å². The highest BCUT2D eigenvalue weighted by atomic mass is 16.5. The second kappa shape index (κ2) is 8.05. The van der Waals surface area contributed by atoms with E-state index in [-0.39, 0.29) is 18.1 Å². The van der Waals surface area contributed by atoms with Crippen LogP contribution in [0.15, 0.2) is 24.3 Å². The molecule has 1 aromatic carbocycles. The van der Waals surface area contributed by atoms with Gasteiger partial charge in [-0.25, -0.2) is 4.79 Å². The van der Waals surface area contributed by atoms with E-state index in [1.165, 1.54) is 6.42 Å². The summed E-state index contributed by atoms with van der Waals surface area (Å²) in [4.78, 5) is 11.7. The standard InChI is InChI=1S/C17H27NO2/c1-12(2)6-5-7-16(18)14-8-10-15(11-9-14)17(19)20-13(3)4/h8-13,16H,5-7,18H2,1-4H3. The van der Waals surface area contributed by atoms with Crippen LogP contribution in [-0.2, 0) is 4.74 Å². The second-order valence-electron chi connectivity index (χ2n) is 6.01. The van der Waals surface area contributed by atoms with Crippen molar-refractivity contribution in [3.05, 3.63) is 35.4 Å². The van der Waals surface area contributed by atoms with Crippen molar-refractivity contribution >= 4 is 5.97 Å². The van der Waals surface area contributed by atoms with Crippen LogP contribution in [-0.4, -0.2) is 12.1 Å². The summed E-state index contributed by atoms with van der Waals surface area (Å²) in [6.07, 6.45) is 3.22. The molecule has 0 aliphatic carbocycles. The number of esters is 1. The van der Waals surface area contributed by atoms with Crippen LogP contribution in [0.2, 0.25) is 0 Å². The monoisotopic (exact) mass is 277 g/mol. The molecule has 0 amide bonds. The lowest BCUT2D eigenvalue weighted by Gasteiger charge is -2.14. The van der Waals surface area contributed by atoms with E-state index < -0.39 is 0 Å². The third kappa shape index (κ3) is 5.74. The van der Waals surface area contributed by atoms with Gasteiger partial charge in [0.05, 0.1) is 11.7 Å². The highest BCUT2D eigenvalue weighted by Gasteiger charge is 2.11. The van der Waals surface area contributed by atoms with Gasteiger partial charge in [0, 0.05) is 6.04 Å². The highest BCUT2D eigenvalue weighted by molar-refractivity contribution is 5.89. The molecule has 0 spiro atoms. The Morgan fingerprint density at radius 3 is 2.20 bits per heavy atom. The molecule has 1 unspecified atom stereocenters. The number of benzene rings is 1. The van der Waals surface area contributed by atoms with Crippen molar-refractivity contribution < 1.29 is 9.53 Å². The molecule has 3 nitrogen and oxygen atoms in total. The predicted molar refractivity (Wildman–Crippen MR) is 82.6 cm³/mol. The quantitative estimate of drug-likeness (QED) is 0.764. The fraction of sp³-hybridized carbons (Fsp3) is 0.588. The molecule has 3 heteroatoms. The Hall–Kier alpha value is -1.35. The molecule has 0 aliphatic rings. The molecule has 1 atom stereocenters. The van der Waals surface area contributed by atoms with Gasteiger partial charge in [-0.15, -0.1) is 0 Å². The average molecular weight is 277 g/mol. The first-order chi connectivity index (χ1) is 9.40. The van der Waals surface area contributed by atoms with Gasteiger partial charge in [0.15, 0.2) is 0 Å². The summed E-state index contributed by atoms with van der Waals surface area (Å²) in [5.41, 5.74) is 7.83. The number of ether oxygens (including phenoxy) is 1. The van der Waals surface area contributed by atoms with Crippen LogP contribution in [0.5, 0.6) is 0 Å². The Labute approximate surface area is 122 Å². The maximum Gasteiger partial charge on any atom is 0.338 e. The number of hydrogen-bond donors (Lipinski definition) is 1. The lowest BCUT2D eigenvalue weighted by atomic mass is 9.98. The smallest absolute Gasteiger partial charge is 0.338 e. The average Bonchev–Trinajstić information content (AvgIpc) is 2.37. The minimum absolute atomic E-state index is 0.0453. The van der Waals surface area contributed by atoms with E-state index >= 15 is 0 Å². The molecule has 0 fully saturated rings. The van der Waals surface area contributed by atoms with Crippen LogP contribution >= 0.6 is 0 Å². The number of rotatable bonds is 7. The Morgan fingerprint density at radius 2 is 1.70 bits per heavy atom. The molecule has 0 bridgehead atoms. The van der Waals surface area contributed by atoms with Crippen LogP contribution in [0.1, 0.15) is 68.9 Å². The van der Waals surface area contributed by atoms with E-state index in [4.69, 9.17) is 10.5 Å². The highest BCUT2D eigenvalue weighted by Crippen LogP contribution is 2.19. The lowest BCUT2D eigenvalue weighted by Crippen LogP contribution is -2.13. The number of hydrogen-bond acceptors (Lipinski definition) is 3. The molecule has 112 valence electrons. The molecule has 0 heterocycles. The van der Waals surface area contributed by atoms with Crippen molar-refractivity contribution in [3.8, 4) is 0 Å². The summed E-state index contributed by atoms with van der Waals surface area (Å²) >= 11 is 0. The molecule has 0 aliphatic heterocycles. The molecule has 0 saturated heterocycles. The SMILES string of the molecule is CC(C)CCCC(N)c1ccc(C(=O)OC(C)C)cc1. The number of nitrogens with two attached hydrogens (primary N) is 1. The predicted octanol–water partition coefficient (Wildman–Crippen LogP) is 4.08. The fourth-order valence-corrected chi connectivity index (χ4v) is 2.06. The first-order valence-electron chi connectivity index (χ1n) is 7.46. The lowest BCUT2D eigenvalue weighted by molar-refractivity contribution is 0.0378.